The van der Waals surface area contributed by atoms with Crippen LogP contribution in [0.25, 0.3) is 10.2 Å². The summed E-state index contributed by atoms with van der Waals surface area (Å²) >= 11 is 7.70. The summed E-state index contributed by atoms with van der Waals surface area (Å²) in [7, 11) is 1.59. The summed E-state index contributed by atoms with van der Waals surface area (Å²) in [5.41, 5.74) is 0.236. The van der Waals surface area contributed by atoms with Gasteiger partial charge >= 0.3 is 6.03 Å². The highest BCUT2D eigenvalue weighted by Crippen LogP contribution is 2.40. The Morgan fingerprint density at radius 3 is 2.63 bits per heavy atom. The first-order valence-electron chi connectivity index (χ1n) is 9.22. The van der Waals surface area contributed by atoms with E-state index in [0.717, 1.165) is 15.3 Å². The second-order valence-corrected chi connectivity index (χ2v) is 9.22. The van der Waals surface area contributed by atoms with E-state index in [1.165, 1.54) is 4.90 Å². The fourth-order valence-electron chi connectivity index (χ4n) is 4.07. The van der Waals surface area contributed by atoms with Gasteiger partial charge in [0.15, 0.2) is 5.13 Å². The number of halogens is 1. The van der Waals surface area contributed by atoms with E-state index in [-0.39, 0.29) is 11.9 Å². The third-order valence-electron chi connectivity index (χ3n) is 5.49. The van der Waals surface area contributed by atoms with Gasteiger partial charge in [0.2, 0.25) is 0 Å². The zero-order valence-electron chi connectivity index (χ0n) is 15.7. The molecular formula is C19H23ClN4O2S. The smallest absolute Gasteiger partial charge is 0.327 e. The number of nitrogens with zero attached hydrogens (tertiary/aromatic N) is 4. The van der Waals surface area contributed by atoms with Crippen LogP contribution in [0.5, 0.6) is 0 Å². The molecule has 0 radical (unpaired) electrons. The summed E-state index contributed by atoms with van der Waals surface area (Å²) in [5, 5.41) is 1.65. The van der Waals surface area contributed by atoms with Crippen LogP contribution in [-0.2, 0) is 4.79 Å². The van der Waals surface area contributed by atoms with E-state index < -0.39 is 5.54 Å². The maximum Gasteiger partial charge on any atom is 0.327 e. The molecule has 1 aromatic carbocycles. The molecule has 144 valence electrons. The first kappa shape index (κ1) is 18.5. The first-order chi connectivity index (χ1) is 12.8. The fourth-order valence-corrected chi connectivity index (χ4v) is 5.36. The van der Waals surface area contributed by atoms with Crippen molar-refractivity contribution < 1.29 is 9.59 Å². The van der Waals surface area contributed by atoms with E-state index in [1.807, 2.05) is 18.2 Å². The van der Waals surface area contributed by atoms with Gasteiger partial charge in [-0.2, -0.15) is 0 Å². The molecule has 2 fully saturated rings. The molecule has 4 rings (SSSR count). The number of likely N-dealkylation sites (N-methyl/N-ethyl adjacent to an activating group) is 1. The monoisotopic (exact) mass is 406 g/mol. The number of hydrogen-bond donors (Lipinski definition) is 0. The molecule has 1 spiro atoms. The Morgan fingerprint density at radius 1 is 1.26 bits per heavy atom. The Hall–Kier alpha value is -1.86. The molecule has 0 bridgehead atoms. The van der Waals surface area contributed by atoms with Crippen molar-refractivity contribution in [2.75, 3.05) is 31.6 Å². The van der Waals surface area contributed by atoms with Gasteiger partial charge < -0.3 is 9.80 Å². The Morgan fingerprint density at radius 2 is 1.96 bits per heavy atom. The number of imide groups is 1. The van der Waals surface area contributed by atoms with Crippen molar-refractivity contribution in [1.82, 2.24) is 14.8 Å². The summed E-state index contributed by atoms with van der Waals surface area (Å²) < 4.78 is 1.06. The molecular weight excluding hydrogens is 384 g/mol. The van der Waals surface area contributed by atoms with Gasteiger partial charge in [-0.05, 0) is 37.0 Å². The normalized spacial score (nSPS) is 20.0. The number of benzene rings is 1. The molecule has 0 unspecified atom stereocenters. The van der Waals surface area contributed by atoms with Crippen LogP contribution < -0.4 is 4.90 Å². The van der Waals surface area contributed by atoms with Gasteiger partial charge in [0.25, 0.3) is 5.91 Å². The van der Waals surface area contributed by atoms with Crippen molar-refractivity contribution in [2.24, 2.45) is 5.92 Å². The number of anilines is 1. The number of piperidine rings is 1. The molecule has 2 saturated heterocycles. The van der Waals surface area contributed by atoms with Gasteiger partial charge in [0, 0.05) is 31.7 Å². The van der Waals surface area contributed by atoms with E-state index in [9.17, 15) is 9.59 Å². The fraction of sp³-hybridized carbons (Fsp3) is 0.526. The molecule has 2 aliphatic rings. The van der Waals surface area contributed by atoms with Crippen LogP contribution in [0.4, 0.5) is 9.93 Å². The van der Waals surface area contributed by atoms with Crippen LogP contribution in [-0.4, -0.2) is 58.9 Å². The number of thiazole rings is 1. The zero-order chi connectivity index (χ0) is 19.3. The third kappa shape index (κ3) is 2.97. The Balaban J connectivity index is 1.57. The van der Waals surface area contributed by atoms with E-state index in [4.69, 9.17) is 16.6 Å². The molecule has 8 heteroatoms. The van der Waals surface area contributed by atoms with Crippen molar-refractivity contribution >= 4 is 50.2 Å². The molecule has 0 atom stereocenters. The van der Waals surface area contributed by atoms with Crippen molar-refractivity contribution in [2.45, 2.75) is 32.2 Å². The SMILES string of the molecule is CC(C)CN1C(=O)N(C)C(=O)C12CCN(c1nc3ccc(Cl)cc3s1)CC2. The van der Waals surface area contributed by atoms with Crippen molar-refractivity contribution in [3.63, 3.8) is 0 Å². The van der Waals surface area contributed by atoms with Crippen LogP contribution in [0, 0.1) is 5.92 Å². The minimum atomic E-state index is -0.702. The predicted octanol–water partition coefficient (Wildman–Crippen LogP) is 3.84. The number of carbonyl (C=O) groups is 2. The summed E-state index contributed by atoms with van der Waals surface area (Å²) in [6.07, 6.45) is 1.26. The maximum absolute atomic E-state index is 12.9. The predicted molar refractivity (Wildman–Crippen MR) is 109 cm³/mol. The van der Waals surface area contributed by atoms with E-state index >= 15 is 0 Å². The van der Waals surface area contributed by atoms with Gasteiger partial charge in [-0.3, -0.25) is 9.69 Å². The van der Waals surface area contributed by atoms with Crippen LogP contribution in [0.3, 0.4) is 0 Å². The van der Waals surface area contributed by atoms with E-state index in [0.29, 0.717) is 43.4 Å². The van der Waals surface area contributed by atoms with Crippen molar-refractivity contribution in [1.29, 1.82) is 0 Å². The van der Waals surface area contributed by atoms with Crippen molar-refractivity contribution in [3.8, 4) is 0 Å². The molecule has 0 N–H and O–H groups in total. The summed E-state index contributed by atoms with van der Waals surface area (Å²) in [4.78, 5) is 35.6. The van der Waals surface area contributed by atoms with Crippen LogP contribution in [0.2, 0.25) is 5.02 Å². The summed E-state index contributed by atoms with van der Waals surface area (Å²) in [6.45, 7) is 6.16. The van der Waals surface area contributed by atoms with Crippen LogP contribution in [0.15, 0.2) is 18.2 Å². The summed E-state index contributed by atoms with van der Waals surface area (Å²) in [5.74, 6) is 0.251. The quantitative estimate of drug-likeness (QED) is 0.726. The molecule has 0 saturated carbocycles. The van der Waals surface area contributed by atoms with Gasteiger partial charge in [-0.1, -0.05) is 36.8 Å². The van der Waals surface area contributed by atoms with Gasteiger partial charge in [-0.25, -0.2) is 9.78 Å². The number of urea groups is 1. The lowest BCUT2D eigenvalue weighted by Crippen LogP contribution is -2.57. The summed E-state index contributed by atoms with van der Waals surface area (Å²) in [6, 6.07) is 5.54. The highest BCUT2D eigenvalue weighted by molar-refractivity contribution is 7.22. The molecule has 2 aromatic rings. The van der Waals surface area contributed by atoms with Crippen LogP contribution in [0.1, 0.15) is 26.7 Å². The first-order valence-corrected chi connectivity index (χ1v) is 10.4. The van der Waals surface area contributed by atoms with E-state index in [2.05, 4.69) is 18.7 Å². The number of fused-ring (bicyclic) bond motifs is 1. The lowest BCUT2D eigenvalue weighted by Gasteiger charge is -2.42. The largest absolute Gasteiger partial charge is 0.348 e. The second kappa shape index (κ2) is 6.63. The Kier molecular flexibility index (Phi) is 4.55. The average molecular weight is 407 g/mol. The Labute approximate surface area is 167 Å². The zero-order valence-corrected chi connectivity index (χ0v) is 17.3. The number of rotatable bonds is 3. The number of aromatic nitrogens is 1. The highest BCUT2D eigenvalue weighted by atomic mass is 35.5. The van der Waals surface area contributed by atoms with Gasteiger partial charge in [0.05, 0.1) is 10.2 Å². The molecule has 1 aromatic heterocycles. The maximum atomic E-state index is 12.9. The molecule has 2 aliphatic heterocycles. The average Bonchev–Trinajstić information content (AvgIpc) is 3.12. The van der Waals surface area contributed by atoms with E-state index in [1.54, 1.807) is 23.3 Å². The lowest BCUT2D eigenvalue weighted by molar-refractivity contribution is -0.133. The van der Waals surface area contributed by atoms with Crippen LogP contribution >= 0.6 is 22.9 Å². The topological polar surface area (TPSA) is 56.8 Å². The molecule has 27 heavy (non-hydrogen) atoms. The lowest BCUT2D eigenvalue weighted by atomic mass is 9.85. The molecule has 0 aliphatic carbocycles. The molecule has 6 nitrogen and oxygen atoms in total. The number of hydrogen-bond acceptors (Lipinski definition) is 5. The number of amides is 3. The molecule has 3 amide bonds. The molecule has 3 heterocycles. The van der Waals surface area contributed by atoms with Gasteiger partial charge in [0.1, 0.15) is 5.54 Å². The van der Waals surface area contributed by atoms with Crippen molar-refractivity contribution in [3.05, 3.63) is 23.2 Å². The standard InChI is InChI=1S/C19H23ClN4O2S/c1-12(2)11-24-18(26)22(3)16(25)19(24)6-8-23(9-7-19)17-21-14-5-4-13(20)10-15(14)27-17/h4-5,10,12H,6-9,11H2,1-3H3. The Bertz CT molecular complexity index is 904. The second-order valence-electron chi connectivity index (χ2n) is 7.78. The van der Waals surface area contributed by atoms with Gasteiger partial charge in [-0.15, -0.1) is 0 Å². The number of carbonyl (C=O) groups excluding carboxylic acids is 2. The highest BCUT2D eigenvalue weighted by Gasteiger charge is 2.56. The third-order valence-corrected chi connectivity index (χ3v) is 6.80. The minimum Gasteiger partial charge on any atom is -0.348 e. The minimum absolute atomic E-state index is 0.0659.